The van der Waals surface area contributed by atoms with Crippen molar-refractivity contribution in [1.29, 1.82) is 0 Å². The summed E-state index contributed by atoms with van der Waals surface area (Å²) in [6.45, 7) is 2.91. The van der Waals surface area contributed by atoms with Gasteiger partial charge in [-0.3, -0.25) is 4.79 Å². The number of hydrogen-bond donors (Lipinski definition) is 0. The van der Waals surface area contributed by atoms with Crippen LogP contribution in [0.15, 0.2) is 48.5 Å². The molecule has 3 heteroatoms. The number of hydrogen-bond acceptors (Lipinski definition) is 3. The van der Waals surface area contributed by atoms with Crippen LogP contribution in [0.2, 0.25) is 0 Å². The van der Waals surface area contributed by atoms with Crippen molar-refractivity contribution in [2.45, 2.75) is 64.1 Å². The van der Waals surface area contributed by atoms with E-state index in [9.17, 15) is 4.79 Å². The molecule has 0 spiro atoms. The van der Waals surface area contributed by atoms with Gasteiger partial charge in [0.1, 0.15) is 11.5 Å². The number of ketones is 1. The molecule has 2 aromatic carbocycles. The number of benzene rings is 2. The van der Waals surface area contributed by atoms with E-state index in [0.717, 1.165) is 31.4 Å². The van der Waals surface area contributed by atoms with Crippen LogP contribution in [0.3, 0.4) is 0 Å². The van der Waals surface area contributed by atoms with Crippen LogP contribution in [0, 0.1) is 17.3 Å². The van der Waals surface area contributed by atoms with Gasteiger partial charge in [0.2, 0.25) is 0 Å². The summed E-state index contributed by atoms with van der Waals surface area (Å²) in [5, 5.41) is 0. The fraction of sp³-hybridized carbons (Fsp3) is 0.519. The van der Waals surface area contributed by atoms with Gasteiger partial charge >= 0.3 is 0 Å². The zero-order chi connectivity index (χ0) is 20.7. The number of carbonyl (C=O) groups is 1. The molecule has 3 nitrogen and oxygen atoms in total. The largest absolute Gasteiger partial charge is 0.497 e. The van der Waals surface area contributed by atoms with Crippen LogP contribution in [0.5, 0.6) is 5.75 Å². The first kappa shape index (κ1) is 19.8. The fourth-order valence-corrected chi connectivity index (χ4v) is 6.89. The molecule has 2 fully saturated rings. The third kappa shape index (κ3) is 3.10. The van der Waals surface area contributed by atoms with Gasteiger partial charge in [0.05, 0.1) is 19.8 Å². The molecule has 0 aromatic heterocycles. The molecule has 5 atom stereocenters. The summed E-state index contributed by atoms with van der Waals surface area (Å²) >= 11 is 0. The monoisotopic (exact) mass is 404 g/mol. The van der Waals surface area contributed by atoms with Crippen molar-refractivity contribution in [2.24, 2.45) is 17.3 Å². The summed E-state index contributed by atoms with van der Waals surface area (Å²) in [5.74, 6) is 2.43. The van der Waals surface area contributed by atoms with Gasteiger partial charge in [0.25, 0.3) is 0 Å². The zero-order valence-electron chi connectivity index (χ0n) is 18.1. The van der Waals surface area contributed by atoms with Gasteiger partial charge in [-0.15, -0.1) is 0 Å². The Hall–Kier alpha value is -2.13. The lowest BCUT2D eigenvalue weighted by molar-refractivity contribution is -0.140. The number of methoxy groups -OCH3 is 1. The lowest BCUT2D eigenvalue weighted by atomic mass is 9.53. The van der Waals surface area contributed by atoms with Gasteiger partial charge < -0.3 is 9.47 Å². The van der Waals surface area contributed by atoms with E-state index in [0.29, 0.717) is 30.6 Å². The molecule has 3 aliphatic carbocycles. The molecule has 5 unspecified atom stereocenters. The molecule has 0 saturated heterocycles. The van der Waals surface area contributed by atoms with Crippen molar-refractivity contribution in [3.05, 3.63) is 65.2 Å². The normalized spacial score (nSPS) is 32.3. The molecule has 0 aliphatic heterocycles. The van der Waals surface area contributed by atoms with Crippen LogP contribution in [0.1, 0.15) is 61.6 Å². The third-order valence-electron chi connectivity index (χ3n) is 8.30. The number of carbonyl (C=O) groups excluding carboxylic acids is 1. The molecule has 0 radical (unpaired) electrons. The Bertz CT molecular complexity index is 921. The number of rotatable bonds is 5. The molecule has 0 heterocycles. The summed E-state index contributed by atoms with van der Waals surface area (Å²) < 4.78 is 11.9. The van der Waals surface area contributed by atoms with Crippen molar-refractivity contribution in [3.63, 3.8) is 0 Å². The highest BCUT2D eigenvalue weighted by Crippen LogP contribution is 2.62. The molecular weight excluding hydrogens is 372 g/mol. The Morgan fingerprint density at radius 2 is 1.90 bits per heavy atom. The summed E-state index contributed by atoms with van der Waals surface area (Å²) in [6, 6.07) is 16.7. The summed E-state index contributed by atoms with van der Waals surface area (Å²) in [7, 11) is 1.71. The second-order valence-corrected chi connectivity index (χ2v) is 9.44. The Balaban J connectivity index is 1.41. The van der Waals surface area contributed by atoms with E-state index in [-0.39, 0.29) is 17.4 Å². The lowest BCUT2D eigenvalue weighted by Gasteiger charge is -2.51. The summed E-state index contributed by atoms with van der Waals surface area (Å²) in [4.78, 5) is 13.6. The average Bonchev–Trinajstić information content (AvgIpc) is 3.16. The first-order valence-electron chi connectivity index (χ1n) is 11.5. The maximum absolute atomic E-state index is 13.6. The number of aryl methyl sites for hydroxylation is 1. The zero-order valence-corrected chi connectivity index (χ0v) is 18.1. The molecule has 0 bridgehead atoms. The van der Waals surface area contributed by atoms with E-state index >= 15 is 0 Å². The Kier molecular flexibility index (Phi) is 5.18. The van der Waals surface area contributed by atoms with Crippen LogP contribution in [0.25, 0.3) is 0 Å². The molecule has 0 N–H and O–H groups in total. The van der Waals surface area contributed by atoms with Gasteiger partial charge in [0, 0.05) is 17.8 Å². The summed E-state index contributed by atoms with van der Waals surface area (Å²) in [6.07, 6.45) is 6.31. The first-order valence-corrected chi connectivity index (χ1v) is 11.5. The minimum atomic E-state index is 0.0109. The summed E-state index contributed by atoms with van der Waals surface area (Å²) in [5.41, 5.74) is 3.79. The molecule has 2 aromatic rings. The van der Waals surface area contributed by atoms with E-state index in [1.54, 1.807) is 7.11 Å². The van der Waals surface area contributed by atoms with E-state index in [1.807, 2.05) is 12.1 Å². The quantitative estimate of drug-likeness (QED) is 0.641. The van der Waals surface area contributed by atoms with Gasteiger partial charge in [-0.05, 0) is 72.8 Å². The van der Waals surface area contributed by atoms with Crippen LogP contribution in [-0.2, 0) is 22.6 Å². The van der Waals surface area contributed by atoms with Crippen LogP contribution in [-0.4, -0.2) is 19.0 Å². The van der Waals surface area contributed by atoms with E-state index in [4.69, 9.17) is 9.47 Å². The van der Waals surface area contributed by atoms with Crippen LogP contribution in [0.4, 0.5) is 0 Å². The Labute approximate surface area is 179 Å². The smallest absolute Gasteiger partial charge is 0.141 e. The maximum atomic E-state index is 13.6. The number of Topliss-reactive ketones (excluding diaryl/α,β-unsaturated/α-hetero) is 1. The second kappa shape index (κ2) is 7.85. The second-order valence-electron chi connectivity index (χ2n) is 9.44. The van der Waals surface area contributed by atoms with E-state index in [2.05, 4.69) is 43.3 Å². The SMILES string of the molecule is CCC12CC(=O)C3c4ccc(OC)cc4CCC3C1CCC2OCc1ccccc1. The highest BCUT2D eigenvalue weighted by Gasteiger charge is 2.59. The molecular formula is C27H32O3. The number of ether oxygens (including phenoxy) is 2. The standard InChI is InChI=1S/C27H32O3/c1-3-27-16-24(28)26-21-12-10-20(29-2)15-19(21)9-11-22(26)23(27)13-14-25(27)30-17-18-7-5-4-6-8-18/h4-8,10,12,15,22-23,25-26H,3,9,11,13-14,16-17H2,1-2H3. The Morgan fingerprint density at radius 1 is 1.07 bits per heavy atom. The van der Waals surface area contributed by atoms with Crippen molar-refractivity contribution in [2.75, 3.05) is 7.11 Å². The molecule has 2 saturated carbocycles. The topological polar surface area (TPSA) is 35.5 Å². The van der Waals surface area contributed by atoms with Crippen molar-refractivity contribution >= 4 is 5.78 Å². The lowest BCUT2D eigenvalue weighted by Crippen LogP contribution is -2.50. The Morgan fingerprint density at radius 3 is 2.67 bits per heavy atom. The van der Waals surface area contributed by atoms with Gasteiger partial charge in [-0.2, -0.15) is 0 Å². The molecule has 5 rings (SSSR count). The van der Waals surface area contributed by atoms with Gasteiger partial charge in [-0.1, -0.05) is 43.3 Å². The number of fused-ring (bicyclic) bond motifs is 5. The van der Waals surface area contributed by atoms with Gasteiger partial charge in [-0.25, -0.2) is 0 Å². The molecule has 3 aliphatic rings. The minimum Gasteiger partial charge on any atom is -0.497 e. The molecule has 158 valence electrons. The predicted octanol–water partition coefficient (Wildman–Crippen LogP) is 5.71. The maximum Gasteiger partial charge on any atom is 0.141 e. The predicted molar refractivity (Wildman–Crippen MR) is 118 cm³/mol. The van der Waals surface area contributed by atoms with Gasteiger partial charge in [0.15, 0.2) is 0 Å². The molecule has 0 amide bonds. The highest BCUT2D eigenvalue weighted by atomic mass is 16.5. The first-order chi connectivity index (χ1) is 14.7. The highest BCUT2D eigenvalue weighted by molar-refractivity contribution is 5.88. The van der Waals surface area contributed by atoms with E-state index < -0.39 is 0 Å². The average molecular weight is 405 g/mol. The third-order valence-corrected chi connectivity index (χ3v) is 8.30. The van der Waals surface area contributed by atoms with Crippen molar-refractivity contribution in [1.82, 2.24) is 0 Å². The van der Waals surface area contributed by atoms with Crippen molar-refractivity contribution in [3.8, 4) is 5.75 Å². The van der Waals surface area contributed by atoms with Crippen LogP contribution < -0.4 is 4.74 Å². The van der Waals surface area contributed by atoms with Crippen LogP contribution >= 0.6 is 0 Å². The fourth-order valence-electron chi connectivity index (χ4n) is 6.89. The van der Waals surface area contributed by atoms with Crippen molar-refractivity contribution < 1.29 is 14.3 Å². The van der Waals surface area contributed by atoms with E-state index in [1.165, 1.54) is 23.1 Å². The minimum absolute atomic E-state index is 0.0109. The molecule has 30 heavy (non-hydrogen) atoms.